The first-order chi connectivity index (χ1) is 14.8. The topological polar surface area (TPSA) is 225 Å². The van der Waals surface area contributed by atoms with Gasteiger partial charge in [-0.2, -0.15) is 16.8 Å². The van der Waals surface area contributed by atoms with Crippen molar-refractivity contribution in [2.45, 2.75) is 68.4 Å². The largest absolute Gasteiger partial charge is 0.392 e. The molecule has 15 nitrogen and oxygen atoms in total. The maximum Gasteiger partial charge on any atom is 0.304 e. The lowest BCUT2D eigenvalue weighted by Gasteiger charge is -2.42. The van der Waals surface area contributed by atoms with Gasteiger partial charge in [0.2, 0.25) is 0 Å². The molecule has 2 fully saturated rings. The maximum atomic E-state index is 12.5. The summed E-state index contributed by atoms with van der Waals surface area (Å²) >= 11 is 0. The zero-order valence-electron chi connectivity index (χ0n) is 17.3. The molecular formula is C15H28O15S2. The van der Waals surface area contributed by atoms with Gasteiger partial charge in [0.1, 0.15) is 17.5 Å². The number of hydrogen-bond donors (Lipinski definition) is 5. The third-order valence-electron chi connectivity index (χ3n) is 6.09. The highest BCUT2D eigenvalue weighted by Gasteiger charge is 2.55. The summed E-state index contributed by atoms with van der Waals surface area (Å²) in [6.07, 6.45) is -8.83. The minimum absolute atomic E-state index is 0.163. The van der Waals surface area contributed by atoms with Crippen LogP contribution in [0.3, 0.4) is 0 Å². The van der Waals surface area contributed by atoms with E-state index in [4.69, 9.17) is 25.2 Å². The number of rotatable bonds is 8. The molecule has 1 heterocycles. The van der Waals surface area contributed by atoms with Crippen molar-refractivity contribution in [1.29, 1.82) is 0 Å². The highest BCUT2D eigenvalue weighted by molar-refractivity contribution is 7.87. The summed E-state index contributed by atoms with van der Waals surface area (Å²) in [4.78, 5) is 4.68. The van der Waals surface area contributed by atoms with Crippen molar-refractivity contribution in [2.75, 3.05) is 6.61 Å². The molecule has 4 unspecified atom stereocenters. The van der Waals surface area contributed by atoms with E-state index < -0.39 is 79.2 Å². The van der Waals surface area contributed by atoms with Crippen molar-refractivity contribution in [2.24, 2.45) is 17.8 Å². The number of hydrogen-bond acceptors (Lipinski definition) is 15. The first kappa shape index (κ1) is 27.7. The van der Waals surface area contributed by atoms with Crippen molar-refractivity contribution in [3.63, 3.8) is 0 Å². The molecule has 0 spiro atoms. The lowest BCUT2D eigenvalue weighted by molar-refractivity contribution is -0.511. The maximum absolute atomic E-state index is 12.5. The zero-order valence-corrected chi connectivity index (χ0v) is 19.0. The Kier molecular flexibility index (Phi) is 9.36. The van der Waals surface area contributed by atoms with Crippen molar-refractivity contribution in [1.82, 2.24) is 0 Å². The van der Waals surface area contributed by atoms with E-state index in [1.165, 1.54) is 13.8 Å². The Morgan fingerprint density at radius 3 is 1.94 bits per heavy atom. The molecule has 190 valence electrons. The summed E-state index contributed by atoms with van der Waals surface area (Å²) in [5.41, 5.74) is 0. The van der Waals surface area contributed by atoms with Crippen LogP contribution >= 0.6 is 0 Å². The minimum Gasteiger partial charge on any atom is -0.392 e. The molecule has 1 saturated carbocycles. The lowest BCUT2D eigenvalue weighted by atomic mass is 9.83. The fourth-order valence-corrected chi connectivity index (χ4v) is 6.33. The Morgan fingerprint density at radius 2 is 1.41 bits per heavy atom. The average Bonchev–Trinajstić information content (AvgIpc) is 2.84. The molecule has 0 bridgehead atoms. The monoisotopic (exact) mass is 512 g/mol. The molecule has 0 aromatic rings. The van der Waals surface area contributed by atoms with E-state index in [1.807, 2.05) is 0 Å². The van der Waals surface area contributed by atoms with Crippen LogP contribution in [-0.4, -0.2) is 90.6 Å². The molecule has 0 amide bonds. The van der Waals surface area contributed by atoms with Crippen molar-refractivity contribution in [3.8, 4) is 0 Å². The lowest BCUT2D eigenvalue weighted by Crippen LogP contribution is -2.60. The Bertz CT molecular complexity index is 817. The summed E-state index contributed by atoms with van der Waals surface area (Å²) in [6.45, 7) is 4.47. The van der Waals surface area contributed by atoms with Gasteiger partial charge >= 0.3 is 20.2 Å². The van der Waals surface area contributed by atoms with E-state index >= 15 is 0 Å². The molecule has 2 rings (SSSR count). The summed E-state index contributed by atoms with van der Waals surface area (Å²) < 4.78 is 67.6. The van der Waals surface area contributed by atoms with Gasteiger partial charge < -0.3 is 19.7 Å². The van der Waals surface area contributed by atoms with Gasteiger partial charge in [0.05, 0.1) is 18.8 Å². The van der Waals surface area contributed by atoms with Gasteiger partial charge in [0.15, 0.2) is 11.5 Å². The smallest absolute Gasteiger partial charge is 0.304 e. The molecule has 2 aliphatic rings. The van der Waals surface area contributed by atoms with Crippen LogP contribution in [0.1, 0.15) is 27.2 Å². The molecule has 0 aromatic heterocycles. The molecule has 0 radical (unpaired) electrons. The van der Waals surface area contributed by atoms with Gasteiger partial charge in [-0.05, 0) is 24.2 Å². The molecule has 0 aromatic carbocycles. The zero-order chi connectivity index (χ0) is 24.4. The molecule has 10 atom stereocenters. The number of aliphatic hydroxyl groups is 2. The summed E-state index contributed by atoms with van der Waals surface area (Å²) in [5, 5.41) is 47.0. The summed E-state index contributed by atoms with van der Waals surface area (Å²) in [5.74, 6) is -1.85. The van der Waals surface area contributed by atoms with E-state index in [2.05, 4.69) is 18.6 Å². The second-order valence-corrected chi connectivity index (χ2v) is 11.5. The molecule has 1 saturated heterocycles. The minimum atomic E-state index is -4.96. The number of ether oxygens (including phenoxy) is 2. The first-order valence-corrected chi connectivity index (χ1v) is 12.5. The van der Waals surface area contributed by atoms with Crippen LogP contribution in [-0.2, 0) is 48.3 Å². The van der Waals surface area contributed by atoms with Gasteiger partial charge in [0.25, 0.3) is 0 Å². The van der Waals surface area contributed by atoms with Crippen LogP contribution in [0.2, 0.25) is 0 Å². The van der Waals surface area contributed by atoms with Crippen LogP contribution in [0.5, 0.6) is 0 Å². The molecule has 32 heavy (non-hydrogen) atoms. The van der Waals surface area contributed by atoms with Gasteiger partial charge in [-0.3, -0.25) is 0 Å². The predicted molar refractivity (Wildman–Crippen MR) is 100 cm³/mol. The Labute approximate surface area is 184 Å². The van der Waals surface area contributed by atoms with Crippen molar-refractivity contribution in [3.05, 3.63) is 0 Å². The van der Waals surface area contributed by atoms with Gasteiger partial charge in [-0.25, -0.2) is 20.7 Å². The van der Waals surface area contributed by atoms with E-state index in [1.54, 1.807) is 6.92 Å². The third kappa shape index (κ3) is 5.57. The SMILES string of the molecule is CC1CO[C@@H](O[C@@H]2C(S(=O)(=O)OO)[C@@H](O)CC(C)[C@@H]2O)C(S(=O)(=O)OO)[C@@H](OOO)[C@@H]1C. The van der Waals surface area contributed by atoms with E-state index in [9.17, 15) is 27.0 Å². The second-order valence-electron chi connectivity index (χ2n) is 8.11. The quantitative estimate of drug-likeness (QED) is 0.193. The van der Waals surface area contributed by atoms with Crippen LogP contribution in [0.15, 0.2) is 0 Å². The highest BCUT2D eigenvalue weighted by atomic mass is 32.2. The van der Waals surface area contributed by atoms with Crippen LogP contribution in [0.25, 0.3) is 0 Å². The highest BCUT2D eigenvalue weighted by Crippen LogP contribution is 2.37. The van der Waals surface area contributed by atoms with Crippen LogP contribution in [0, 0.1) is 17.8 Å². The Hall–Kier alpha value is -0.540. The summed E-state index contributed by atoms with van der Waals surface area (Å²) in [7, 11) is -9.86. The Balaban J connectivity index is 2.54. The fourth-order valence-electron chi connectivity index (χ4n) is 4.04. The normalized spacial score (nSPS) is 41.9. The standard InChI is InChI=1S/C15H28O15S2/c1-6-4-9(16)13(31(21,22)29-19)12(10(6)17)26-15-14(32(23,24)30-20)11(27-28-18)8(3)7(2)5-25-15/h6-20H,4-5H2,1-3H3/t6?,7?,8-,9+,10+,11+,12+,13?,14?,15+/m1/s1. The predicted octanol–water partition coefficient (Wildman–Crippen LogP) is -1.07. The van der Waals surface area contributed by atoms with Crippen LogP contribution in [0.4, 0.5) is 0 Å². The summed E-state index contributed by atoms with van der Waals surface area (Å²) in [6, 6.07) is 0. The van der Waals surface area contributed by atoms with Crippen molar-refractivity contribution < 1.29 is 70.9 Å². The Morgan fingerprint density at radius 1 is 0.844 bits per heavy atom. The number of aliphatic hydroxyl groups excluding tert-OH is 2. The first-order valence-electron chi connectivity index (χ1n) is 9.56. The second kappa shape index (κ2) is 10.8. The third-order valence-corrected chi connectivity index (χ3v) is 8.91. The van der Waals surface area contributed by atoms with E-state index in [0.29, 0.717) is 0 Å². The molecule has 1 aliphatic heterocycles. The van der Waals surface area contributed by atoms with Gasteiger partial charge in [-0.1, -0.05) is 25.8 Å². The molecule has 17 heteroatoms. The molecule has 1 aliphatic carbocycles. The molecular weight excluding hydrogens is 484 g/mol. The van der Waals surface area contributed by atoms with Gasteiger partial charge in [0, 0.05) is 0 Å². The van der Waals surface area contributed by atoms with Gasteiger partial charge in [-0.15, -0.1) is 8.67 Å². The van der Waals surface area contributed by atoms with E-state index in [-0.39, 0.29) is 13.0 Å². The van der Waals surface area contributed by atoms with Crippen LogP contribution < -0.4 is 0 Å². The molecule has 5 N–H and O–H groups in total. The van der Waals surface area contributed by atoms with E-state index in [0.717, 1.165) is 0 Å². The fraction of sp³-hybridized carbons (Fsp3) is 1.00. The average molecular weight is 513 g/mol. The van der Waals surface area contributed by atoms with Crippen molar-refractivity contribution >= 4 is 20.2 Å².